The molecule has 1 N–H and O–H groups in total. The first-order valence-electron chi connectivity index (χ1n) is 10.2. The Morgan fingerprint density at radius 3 is 2.38 bits per heavy atom. The summed E-state index contributed by atoms with van der Waals surface area (Å²) in [5, 5.41) is 2.89. The number of carbonyl (C=O) groups excluding carboxylic acids is 2. The van der Waals surface area contributed by atoms with Crippen molar-refractivity contribution in [1.29, 1.82) is 0 Å². The average Bonchev–Trinajstić information content (AvgIpc) is 2.77. The van der Waals surface area contributed by atoms with E-state index in [0.717, 1.165) is 43.2 Å². The third kappa shape index (κ3) is 6.32. The third-order valence-electron chi connectivity index (χ3n) is 5.07. The first-order valence-corrected chi connectivity index (χ1v) is 10.2. The van der Waals surface area contributed by atoms with Gasteiger partial charge in [0.1, 0.15) is 0 Å². The minimum absolute atomic E-state index is 0.00540. The SMILES string of the molecule is CCN(CC(=O)Nc1ccc(N2CCOCC2)cc1)C(=O)CCc1ccccc1. The number of aryl methyl sites for hydroxylation is 1. The molecule has 0 aliphatic carbocycles. The van der Waals surface area contributed by atoms with Crippen LogP contribution >= 0.6 is 0 Å². The van der Waals surface area contributed by atoms with E-state index in [-0.39, 0.29) is 18.4 Å². The summed E-state index contributed by atoms with van der Waals surface area (Å²) in [4.78, 5) is 28.8. The van der Waals surface area contributed by atoms with Crippen LogP contribution in [0.2, 0.25) is 0 Å². The van der Waals surface area contributed by atoms with Gasteiger partial charge in [0.15, 0.2) is 0 Å². The van der Waals surface area contributed by atoms with Crippen LogP contribution in [0, 0.1) is 0 Å². The first kappa shape index (κ1) is 20.9. The molecular formula is C23H29N3O3. The molecule has 1 aliphatic rings. The van der Waals surface area contributed by atoms with Crippen LogP contribution < -0.4 is 10.2 Å². The zero-order valence-corrected chi connectivity index (χ0v) is 17.0. The zero-order chi connectivity index (χ0) is 20.5. The fourth-order valence-electron chi connectivity index (χ4n) is 3.38. The highest BCUT2D eigenvalue weighted by molar-refractivity contribution is 5.94. The van der Waals surface area contributed by atoms with Crippen molar-refractivity contribution in [3.8, 4) is 0 Å². The number of rotatable bonds is 8. The molecule has 0 spiro atoms. The van der Waals surface area contributed by atoms with Gasteiger partial charge in [-0.05, 0) is 43.2 Å². The van der Waals surface area contributed by atoms with Crippen LogP contribution in [0.5, 0.6) is 0 Å². The Balaban J connectivity index is 1.48. The van der Waals surface area contributed by atoms with E-state index in [1.165, 1.54) is 0 Å². The van der Waals surface area contributed by atoms with E-state index in [0.29, 0.717) is 19.4 Å². The molecule has 1 heterocycles. The number of hydrogen-bond acceptors (Lipinski definition) is 4. The molecule has 1 aliphatic heterocycles. The maximum Gasteiger partial charge on any atom is 0.243 e. The van der Waals surface area contributed by atoms with Crippen molar-refractivity contribution in [3.05, 3.63) is 60.2 Å². The Morgan fingerprint density at radius 1 is 1.03 bits per heavy atom. The van der Waals surface area contributed by atoms with Crippen molar-refractivity contribution in [2.45, 2.75) is 19.8 Å². The summed E-state index contributed by atoms with van der Waals surface area (Å²) >= 11 is 0. The Labute approximate surface area is 172 Å². The minimum atomic E-state index is -0.181. The molecule has 3 rings (SSSR count). The second-order valence-electron chi connectivity index (χ2n) is 7.09. The lowest BCUT2D eigenvalue weighted by Crippen LogP contribution is -2.38. The molecule has 2 aromatic carbocycles. The van der Waals surface area contributed by atoms with E-state index in [2.05, 4.69) is 10.2 Å². The zero-order valence-electron chi connectivity index (χ0n) is 17.0. The fourth-order valence-corrected chi connectivity index (χ4v) is 3.38. The predicted octanol–water partition coefficient (Wildman–Crippen LogP) is 2.94. The number of benzene rings is 2. The van der Waals surface area contributed by atoms with Gasteiger partial charge in [0.2, 0.25) is 11.8 Å². The van der Waals surface area contributed by atoms with Crippen LogP contribution in [0.15, 0.2) is 54.6 Å². The molecule has 1 saturated heterocycles. The van der Waals surface area contributed by atoms with Crippen LogP contribution in [0.1, 0.15) is 18.9 Å². The summed E-state index contributed by atoms with van der Waals surface area (Å²) < 4.78 is 5.38. The largest absolute Gasteiger partial charge is 0.378 e. The second kappa shape index (κ2) is 10.6. The Bertz CT molecular complexity index is 787. The molecule has 29 heavy (non-hydrogen) atoms. The van der Waals surface area contributed by atoms with Crippen LogP contribution in [-0.2, 0) is 20.7 Å². The van der Waals surface area contributed by atoms with Gasteiger partial charge >= 0.3 is 0 Å². The summed E-state index contributed by atoms with van der Waals surface area (Å²) in [7, 11) is 0. The van der Waals surface area contributed by atoms with Gasteiger partial charge in [-0.2, -0.15) is 0 Å². The van der Waals surface area contributed by atoms with Crippen molar-refractivity contribution in [1.82, 2.24) is 4.90 Å². The van der Waals surface area contributed by atoms with Gasteiger partial charge in [0.25, 0.3) is 0 Å². The van der Waals surface area contributed by atoms with Crippen LogP contribution in [0.4, 0.5) is 11.4 Å². The van der Waals surface area contributed by atoms with E-state index in [1.54, 1.807) is 4.90 Å². The summed E-state index contributed by atoms with van der Waals surface area (Å²) in [6.45, 7) is 5.70. The fraction of sp³-hybridized carbons (Fsp3) is 0.391. The van der Waals surface area contributed by atoms with E-state index >= 15 is 0 Å². The van der Waals surface area contributed by atoms with Crippen LogP contribution in [-0.4, -0.2) is 56.1 Å². The van der Waals surface area contributed by atoms with Crippen molar-refractivity contribution >= 4 is 23.2 Å². The molecule has 0 atom stereocenters. The maximum atomic E-state index is 12.5. The normalized spacial score (nSPS) is 13.8. The third-order valence-corrected chi connectivity index (χ3v) is 5.07. The molecule has 0 radical (unpaired) electrons. The predicted molar refractivity (Wildman–Crippen MR) is 115 cm³/mol. The number of likely N-dealkylation sites (N-methyl/N-ethyl adjacent to an activating group) is 1. The van der Waals surface area contributed by atoms with Gasteiger partial charge in [-0.3, -0.25) is 9.59 Å². The molecule has 6 heteroatoms. The Kier molecular flexibility index (Phi) is 7.64. The Morgan fingerprint density at radius 2 is 1.72 bits per heavy atom. The van der Waals surface area contributed by atoms with Crippen molar-refractivity contribution < 1.29 is 14.3 Å². The van der Waals surface area contributed by atoms with Gasteiger partial charge in [-0.25, -0.2) is 0 Å². The first-order chi connectivity index (χ1) is 14.2. The molecule has 0 unspecified atom stereocenters. The molecule has 0 bridgehead atoms. The number of nitrogens with one attached hydrogen (secondary N) is 1. The van der Waals surface area contributed by atoms with Gasteiger partial charge in [-0.15, -0.1) is 0 Å². The summed E-state index contributed by atoms with van der Waals surface area (Å²) in [5.74, 6) is -0.187. The molecule has 0 aromatic heterocycles. The Hall–Kier alpha value is -2.86. The number of hydrogen-bond donors (Lipinski definition) is 1. The average molecular weight is 396 g/mol. The summed E-state index contributed by atoms with van der Waals surface area (Å²) in [6, 6.07) is 17.7. The highest BCUT2D eigenvalue weighted by atomic mass is 16.5. The number of amides is 2. The van der Waals surface area contributed by atoms with Gasteiger partial charge < -0.3 is 19.9 Å². The quantitative estimate of drug-likeness (QED) is 0.747. The van der Waals surface area contributed by atoms with Crippen molar-refractivity contribution in [3.63, 3.8) is 0 Å². The van der Waals surface area contributed by atoms with E-state index in [1.807, 2.05) is 61.5 Å². The summed E-state index contributed by atoms with van der Waals surface area (Å²) in [5.41, 5.74) is 2.99. The second-order valence-corrected chi connectivity index (χ2v) is 7.09. The minimum Gasteiger partial charge on any atom is -0.378 e. The van der Waals surface area contributed by atoms with Crippen LogP contribution in [0.3, 0.4) is 0 Å². The number of morpholine rings is 1. The lowest BCUT2D eigenvalue weighted by atomic mass is 10.1. The number of nitrogens with zero attached hydrogens (tertiary/aromatic N) is 2. The molecule has 0 saturated carbocycles. The molecule has 6 nitrogen and oxygen atoms in total. The maximum absolute atomic E-state index is 12.5. The van der Waals surface area contributed by atoms with Gasteiger partial charge in [0.05, 0.1) is 19.8 Å². The van der Waals surface area contributed by atoms with Gasteiger partial charge in [-0.1, -0.05) is 30.3 Å². The number of anilines is 2. The molecule has 1 fully saturated rings. The van der Waals surface area contributed by atoms with Crippen molar-refractivity contribution in [2.75, 3.05) is 49.6 Å². The van der Waals surface area contributed by atoms with Crippen LogP contribution in [0.25, 0.3) is 0 Å². The lowest BCUT2D eigenvalue weighted by Gasteiger charge is -2.29. The molecule has 2 aromatic rings. The monoisotopic (exact) mass is 395 g/mol. The van der Waals surface area contributed by atoms with E-state index in [4.69, 9.17) is 4.74 Å². The van der Waals surface area contributed by atoms with Crippen molar-refractivity contribution in [2.24, 2.45) is 0 Å². The highest BCUT2D eigenvalue weighted by Crippen LogP contribution is 2.19. The molecular weight excluding hydrogens is 366 g/mol. The molecule has 2 amide bonds. The highest BCUT2D eigenvalue weighted by Gasteiger charge is 2.16. The molecule has 154 valence electrons. The standard InChI is InChI=1S/C23H29N3O3/c1-2-25(23(28)13-8-19-6-4-3-5-7-19)18-22(27)24-20-9-11-21(12-10-20)26-14-16-29-17-15-26/h3-7,9-12H,2,8,13-18H2,1H3,(H,24,27). The van der Waals surface area contributed by atoms with Gasteiger partial charge in [0, 0.05) is 37.4 Å². The number of ether oxygens (including phenoxy) is 1. The summed E-state index contributed by atoms with van der Waals surface area (Å²) in [6.07, 6.45) is 1.08. The van der Waals surface area contributed by atoms with E-state index < -0.39 is 0 Å². The lowest BCUT2D eigenvalue weighted by molar-refractivity contribution is -0.134. The topological polar surface area (TPSA) is 61.9 Å². The number of carbonyl (C=O) groups is 2. The van der Waals surface area contributed by atoms with E-state index in [9.17, 15) is 9.59 Å². The smallest absolute Gasteiger partial charge is 0.243 e.